The predicted molar refractivity (Wildman–Crippen MR) is 77.5 cm³/mol. The monoisotopic (exact) mass is 246 g/mol. The zero-order valence-electron chi connectivity index (χ0n) is 11.8. The molecule has 16 heavy (non-hydrogen) atoms. The van der Waals surface area contributed by atoms with Gasteiger partial charge < -0.3 is 10.2 Å². The van der Waals surface area contributed by atoms with Gasteiger partial charge in [-0.1, -0.05) is 13.3 Å². The highest BCUT2D eigenvalue weighted by molar-refractivity contribution is 7.98. The zero-order chi connectivity index (χ0) is 12.4. The molecule has 2 atom stereocenters. The number of nitrogens with one attached hydrogen (secondary N) is 1. The normalized spacial score (nSPS) is 15.4. The van der Waals surface area contributed by atoms with E-state index in [0.717, 1.165) is 13.1 Å². The Hall–Kier alpha value is 0.270. The molecule has 0 fully saturated rings. The fourth-order valence-electron chi connectivity index (χ4n) is 1.75. The van der Waals surface area contributed by atoms with E-state index in [1.165, 1.54) is 25.0 Å². The molecule has 0 aromatic heterocycles. The Morgan fingerprint density at radius 2 is 1.94 bits per heavy atom. The van der Waals surface area contributed by atoms with Crippen LogP contribution in [0.4, 0.5) is 0 Å². The Balaban J connectivity index is 3.51. The van der Waals surface area contributed by atoms with Gasteiger partial charge in [0.05, 0.1) is 0 Å². The van der Waals surface area contributed by atoms with Crippen molar-refractivity contribution in [2.75, 3.05) is 32.1 Å². The minimum absolute atomic E-state index is 0.667. The minimum Gasteiger partial charge on any atom is -0.313 e. The molecule has 0 aliphatic rings. The van der Waals surface area contributed by atoms with Crippen molar-refractivity contribution in [1.82, 2.24) is 10.2 Å². The lowest BCUT2D eigenvalue weighted by atomic mass is 10.2. The molecule has 0 saturated heterocycles. The van der Waals surface area contributed by atoms with Gasteiger partial charge in [-0.25, -0.2) is 0 Å². The van der Waals surface area contributed by atoms with Gasteiger partial charge in [-0.2, -0.15) is 11.8 Å². The molecule has 2 nitrogen and oxygen atoms in total. The van der Waals surface area contributed by atoms with Gasteiger partial charge in [0, 0.05) is 25.2 Å². The Morgan fingerprint density at radius 3 is 2.50 bits per heavy atom. The van der Waals surface area contributed by atoms with Crippen LogP contribution in [0.1, 0.15) is 40.0 Å². The fourth-order valence-corrected chi connectivity index (χ4v) is 2.33. The molecule has 0 rings (SSSR count). The number of hydrogen-bond donors (Lipinski definition) is 1. The molecule has 1 N–H and O–H groups in total. The van der Waals surface area contributed by atoms with Crippen LogP contribution in [0.2, 0.25) is 0 Å². The smallest absolute Gasteiger partial charge is 0.0107 e. The molecule has 0 radical (unpaired) electrons. The van der Waals surface area contributed by atoms with Crippen LogP contribution in [-0.2, 0) is 0 Å². The summed E-state index contributed by atoms with van der Waals surface area (Å²) in [7, 11) is 2.23. The lowest BCUT2D eigenvalue weighted by Gasteiger charge is -2.25. The van der Waals surface area contributed by atoms with Crippen molar-refractivity contribution in [1.29, 1.82) is 0 Å². The maximum Gasteiger partial charge on any atom is 0.0107 e. The third kappa shape index (κ3) is 8.43. The predicted octanol–water partition coefficient (Wildman–Crippen LogP) is 2.84. The highest BCUT2D eigenvalue weighted by atomic mass is 32.2. The maximum atomic E-state index is 3.58. The van der Waals surface area contributed by atoms with Crippen LogP contribution < -0.4 is 5.32 Å². The molecule has 0 aliphatic heterocycles. The molecular weight excluding hydrogens is 216 g/mol. The van der Waals surface area contributed by atoms with Crippen LogP contribution in [0, 0.1) is 0 Å². The average molecular weight is 246 g/mol. The van der Waals surface area contributed by atoms with Crippen molar-refractivity contribution >= 4 is 11.8 Å². The second-order valence-corrected chi connectivity index (χ2v) is 5.74. The quantitative estimate of drug-likeness (QED) is 0.638. The Labute approximate surface area is 107 Å². The highest BCUT2D eigenvalue weighted by Crippen LogP contribution is 2.05. The van der Waals surface area contributed by atoms with E-state index in [1.807, 2.05) is 11.8 Å². The Kier molecular flexibility index (Phi) is 10.6. The van der Waals surface area contributed by atoms with Gasteiger partial charge in [-0.15, -0.1) is 0 Å². The summed E-state index contributed by atoms with van der Waals surface area (Å²) in [6.07, 6.45) is 6.03. The SMILES string of the molecule is CCCC(C)NCCN(C)C(C)CCSC. The minimum atomic E-state index is 0.667. The van der Waals surface area contributed by atoms with Crippen LogP contribution in [0.3, 0.4) is 0 Å². The molecule has 0 aliphatic carbocycles. The van der Waals surface area contributed by atoms with Gasteiger partial charge in [0.25, 0.3) is 0 Å². The summed E-state index contributed by atoms with van der Waals surface area (Å²) in [6, 6.07) is 1.37. The standard InChI is InChI=1S/C13H30N2S/c1-6-7-12(2)14-9-10-15(4)13(3)8-11-16-5/h12-14H,6-11H2,1-5H3. The molecule has 0 bridgehead atoms. The largest absolute Gasteiger partial charge is 0.313 e. The summed E-state index contributed by atoms with van der Waals surface area (Å²) >= 11 is 1.94. The molecular formula is C13H30N2S. The maximum absolute atomic E-state index is 3.58. The number of nitrogens with zero attached hydrogens (tertiary/aromatic N) is 1. The fraction of sp³-hybridized carbons (Fsp3) is 1.00. The van der Waals surface area contributed by atoms with Gasteiger partial charge >= 0.3 is 0 Å². The number of hydrogen-bond acceptors (Lipinski definition) is 3. The van der Waals surface area contributed by atoms with Gasteiger partial charge in [-0.3, -0.25) is 0 Å². The topological polar surface area (TPSA) is 15.3 Å². The summed E-state index contributed by atoms with van der Waals surface area (Å²) in [5, 5.41) is 3.58. The first-order valence-electron chi connectivity index (χ1n) is 6.54. The third-order valence-corrected chi connectivity index (χ3v) is 3.82. The van der Waals surface area contributed by atoms with Crippen molar-refractivity contribution in [3.8, 4) is 0 Å². The Morgan fingerprint density at radius 1 is 1.25 bits per heavy atom. The number of thioether (sulfide) groups is 1. The van der Waals surface area contributed by atoms with Crippen LogP contribution >= 0.6 is 11.8 Å². The molecule has 2 unspecified atom stereocenters. The van der Waals surface area contributed by atoms with E-state index in [-0.39, 0.29) is 0 Å². The summed E-state index contributed by atoms with van der Waals surface area (Å²) in [5.41, 5.74) is 0. The molecule has 0 amide bonds. The Bertz CT molecular complexity index is 153. The highest BCUT2D eigenvalue weighted by Gasteiger charge is 2.08. The van der Waals surface area contributed by atoms with Crippen molar-refractivity contribution < 1.29 is 0 Å². The van der Waals surface area contributed by atoms with Crippen molar-refractivity contribution in [2.24, 2.45) is 0 Å². The van der Waals surface area contributed by atoms with E-state index in [0.29, 0.717) is 12.1 Å². The molecule has 0 aromatic rings. The third-order valence-electron chi connectivity index (χ3n) is 3.17. The molecule has 0 saturated carbocycles. The first-order valence-corrected chi connectivity index (χ1v) is 7.93. The number of likely N-dealkylation sites (N-methyl/N-ethyl adjacent to an activating group) is 1. The molecule has 0 spiro atoms. The van der Waals surface area contributed by atoms with E-state index in [2.05, 4.69) is 44.3 Å². The molecule has 0 heterocycles. The first-order chi connectivity index (χ1) is 7.61. The molecule has 98 valence electrons. The van der Waals surface area contributed by atoms with Crippen molar-refractivity contribution in [2.45, 2.75) is 52.1 Å². The summed E-state index contributed by atoms with van der Waals surface area (Å²) in [5.74, 6) is 1.27. The number of rotatable bonds is 10. The lowest BCUT2D eigenvalue weighted by Crippen LogP contribution is -2.38. The summed E-state index contributed by atoms with van der Waals surface area (Å²) in [6.45, 7) is 9.12. The first kappa shape index (κ1) is 16.3. The van der Waals surface area contributed by atoms with Crippen LogP contribution in [0.5, 0.6) is 0 Å². The van der Waals surface area contributed by atoms with Gasteiger partial charge in [0.1, 0.15) is 0 Å². The van der Waals surface area contributed by atoms with Crippen LogP contribution in [0.15, 0.2) is 0 Å². The van der Waals surface area contributed by atoms with Crippen molar-refractivity contribution in [3.63, 3.8) is 0 Å². The van der Waals surface area contributed by atoms with Gasteiger partial charge in [0.15, 0.2) is 0 Å². The van der Waals surface area contributed by atoms with E-state index in [1.54, 1.807) is 0 Å². The average Bonchev–Trinajstić information content (AvgIpc) is 2.26. The second-order valence-electron chi connectivity index (χ2n) is 4.75. The van der Waals surface area contributed by atoms with E-state index >= 15 is 0 Å². The second kappa shape index (κ2) is 10.4. The summed E-state index contributed by atoms with van der Waals surface area (Å²) in [4.78, 5) is 2.46. The molecule has 3 heteroatoms. The lowest BCUT2D eigenvalue weighted by molar-refractivity contribution is 0.249. The zero-order valence-corrected chi connectivity index (χ0v) is 12.6. The van der Waals surface area contributed by atoms with Gasteiger partial charge in [0.2, 0.25) is 0 Å². The summed E-state index contributed by atoms with van der Waals surface area (Å²) < 4.78 is 0. The van der Waals surface area contributed by atoms with E-state index in [9.17, 15) is 0 Å². The van der Waals surface area contributed by atoms with Crippen LogP contribution in [0.25, 0.3) is 0 Å². The van der Waals surface area contributed by atoms with Gasteiger partial charge in [-0.05, 0) is 45.7 Å². The molecule has 0 aromatic carbocycles. The van der Waals surface area contributed by atoms with Crippen LogP contribution in [-0.4, -0.2) is 49.1 Å². The van der Waals surface area contributed by atoms with Crippen molar-refractivity contribution in [3.05, 3.63) is 0 Å². The van der Waals surface area contributed by atoms with E-state index in [4.69, 9.17) is 0 Å². The van der Waals surface area contributed by atoms with E-state index < -0.39 is 0 Å².